The van der Waals surface area contributed by atoms with E-state index in [4.69, 9.17) is 11.6 Å². The Morgan fingerprint density at radius 1 is 1.14 bits per heavy atom. The van der Waals surface area contributed by atoms with E-state index in [1.54, 1.807) is 13.0 Å². The van der Waals surface area contributed by atoms with Crippen molar-refractivity contribution in [1.29, 1.82) is 0 Å². The van der Waals surface area contributed by atoms with Crippen LogP contribution in [0.2, 0.25) is 0 Å². The Bertz CT molecular complexity index is 668. The zero-order valence-corrected chi connectivity index (χ0v) is 13.0. The second-order valence-corrected chi connectivity index (χ2v) is 5.54. The van der Waals surface area contributed by atoms with Gasteiger partial charge in [0.05, 0.1) is 0 Å². The summed E-state index contributed by atoms with van der Waals surface area (Å²) in [6.45, 7) is 5.48. The van der Waals surface area contributed by atoms with E-state index < -0.39 is 5.38 Å². The molecule has 2 N–H and O–H groups in total. The standard InChI is InChI=1S/C17H18ClNO2/c1-10-9-14(11(2)12(3)16(10)20)19-17(21)15(18)13-7-5-4-6-8-13/h4-9,15,20H,1-3H3,(H,19,21). The number of nitrogens with one attached hydrogen (secondary N) is 1. The molecule has 0 aromatic heterocycles. The molecule has 0 fully saturated rings. The van der Waals surface area contributed by atoms with E-state index >= 15 is 0 Å². The normalized spacial score (nSPS) is 12.0. The summed E-state index contributed by atoms with van der Waals surface area (Å²) in [6.07, 6.45) is 0. The minimum absolute atomic E-state index is 0.260. The highest BCUT2D eigenvalue weighted by Gasteiger charge is 2.19. The van der Waals surface area contributed by atoms with Crippen LogP contribution in [-0.2, 0) is 4.79 Å². The SMILES string of the molecule is Cc1cc(NC(=O)C(Cl)c2ccccc2)c(C)c(C)c1O. The van der Waals surface area contributed by atoms with E-state index in [1.165, 1.54) is 0 Å². The zero-order chi connectivity index (χ0) is 15.6. The van der Waals surface area contributed by atoms with Crippen LogP contribution in [0.1, 0.15) is 27.6 Å². The molecule has 0 saturated carbocycles. The number of carbonyl (C=O) groups is 1. The van der Waals surface area contributed by atoms with Crippen LogP contribution in [0.25, 0.3) is 0 Å². The summed E-state index contributed by atoms with van der Waals surface area (Å²) < 4.78 is 0. The molecule has 1 unspecified atom stereocenters. The molecule has 0 aliphatic heterocycles. The van der Waals surface area contributed by atoms with Crippen LogP contribution < -0.4 is 5.32 Å². The summed E-state index contributed by atoms with van der Waals surface area (Å²) in [5.41, 5.74) is 3.75. The van der Waals surface area contributed by atoms with E-state index in [2.05, 4.69) is 5.32 Å². The minimum Gasteiger partial charge on any atom is -0.507 e. The first-order chi connectivity index (χ1) is 9.91. The molecule has 0 aliphatic rings. The topological polar surface area (TPSA) is 49.3 Å². The van der Waals surface area contributed by atoms with E-state index in [1.807, 2.05) is 44.2 Å². The molecule has 0 aliphatic carbocycles. The maximum Gasteiger partial charge on any atom is 0.246 e. The van der Waals surface area contributed by atoms with Crippen LogP contribution in [0.3, 0.4) is 0 Å². The highest BCUT2D eigenvalue weighted by atomic mass is 35.5. The first-order valence-corrected chi connectivity index (χ1v) is 7.15. The largest absolute Gasteiger partial charge is 0.507 e. The number of aromatic hydroxyl groups is 1. The molecule has 4 heteroatoms. The van der Waals surface area contributed by atoms with Crippen LogP contribution in [0.4, 0.5) is 5.69 Å². The Morgan fingerprint density at radius 3 is 2.38 bits per heavy atom. The van der Waals surface area contributed by atoms with Crippen LogP contribution in [-0.4, -0.2) is 11.0 Å². The highest BCUT2D eigenvalue weighted by molar-refractivity contribution is 6.32. The smallest absolute Gasteiger partial charge is 0.246 e. The maximum absolute atomic E-state index is 12.3. The van der Waals surface area contributed by atoms with Gasteiger partial charge in [-0.05, 0) is 49.1 Å². The van der Waals surface area contributed by atoms with Crippen LogP contribution in [0.5, 0.6) is 5.75 Å². The quantitative estimate of drug-likeness (QED) is 0.658. The average Bonchev–Trinajstić information content (AvgIpc) is 2.50. The summed E-state index contributed by atoms with van der Waals surface area (Å²) in [6, 6.07) is 11.0. The van der Waals surface area contributed by atoms with Crippen molar-refractivity contribution in [2.24, 2.45) is 0 Å². The predicted molar refractivity (Wildman–Crippen MR) is 86.0 cm³/mol. The monoisotopic (exact) mass is 303 g/mol. The lowest BCUT2D eigenvalue weighted by Gasteiger charge is -2.16. The first-order valence-electron chi connectivity index (χ1n) is 6.71. The molecule has 2 rings (SSSR count). The number of benzene rings is 2. The molecule has 21 heavy (non-hydrogen) atoms. The number of carbonyl (C=O) groups excluding carboxylic acids is 1. The van der Waals surface area contributed by atoms with Crippen LogP contribution >= 0.6 is 11.6 Å². The number of phenolic OH excluding ortho intramolecular Hbond substituents is 1. The van der Waals surface area contributed by atoms with Crippen molar-refractivity contribution in [3.8, 4) is 5.75 Å². The van der Waals surface area contributed by atoms with E-state index in [0.29, 0.717) is 5.69 Å². The van der Waals surface area contributed by atoms with Gasteiger partial charge in [0.15, 0.2) is 0 Å². The maximum atomic E-state index is 12.3. The van der Waals surface area contributed by atoms with Crippen molar-refractivity contribution in [2.45, 2.75) is 26.1 Å². The third kappa shape index (κ3) is 3.19. The number of rotatable bonds is 3. The Balaban J connectivity index is 2.25. The second kappa shape index (κ2) is 6.19. The Labute approximate surface area is 129 Å². The van der Waals surface area contributed by atoms with Crippen molar-refractivity contribution in [3.63, 3.8) is 0 Å². The number of hydrogen-bond acceptors (Lipinski definition) is 2. The van der Waals surface area contributed by atoms with Gasteiger partial charge in [-0.2, -0.15) is 0 Å². The lowest BCUT2D eigenvalue weighted by Crippen LogP contribution is -2.18. The molecular weight excluding hydrogens is 286 g/mol. The lowest BCUT2D eigenvalue weighted by molar-refractivity contribution is -0.116. The van der Waals surface area contributed by atoms with Gasteiger partial charge in [-0.3, -0.25) is 4.79 Å². The number of amides is 1. The fourth-order valence-electron chi connectivity index (χ4n) is 2.17. The van der Waals surface area contributed by atoms with Gasteiger partial charge in [-0.25, -0.2) is 0 Å². The van der Waals surface area contributed by atoms with Gasteiger partial charge < -0.3 is 10.4 Å². The number of hydrogen-bond donors (Lipinski definition) is 2. The Morgan fingerprint density at radius 2 is 1.76 bits per heavy atom. The number of halogens is 1. The molecule has 110 valence electrons. The van der Waals surface area contributed by atoms with Gasteiger partial charge in [-0.15, -0.1) is 11.6 Å². The van der Waals surface area contributed by atoms with E-state index in [-0.39, 0.29) is 11.7 Å². The predicted octanol–water partition coefficient (Wildman–Crippen LogP) is 4.24. The van der Waals surface area contributed by atoms with Crippen molar-refractivity contribution >= 4 is 23.2 Å². The number of aryl methyl sites for hydroxylation is 1. The van der Waals surface area contributed by atoms with E-state index in [0.717, 1.165) is 22.3 Å². The Kier molecular flexibility index (Phi) is 4.53. The van der Waals surface area contributed by atoms with Crippen molar-refractivity contribution < 1.29 is 9.90 Å². The van der Waals surface area contributed by atoms with Crippen LogP contribution in [0, 0.1) is 20.8 Å². The zero-order valence-electron chi connectivity index (χ0n) is 12.3. The lowest BCUT2D eigenvalue weighted by atomic mass is 10.0. The summed E-state index contributed by atoms with van der Waals surface area (Å²) >= 11 is 6.21. The third-order valence-electron chi connectivity index (χ3n) is 3.64. The van der Waals surface area contributed by atoms with Crippen molar-refractivity contribution in [2.75, 3.05) is 5.32 Å². The summed E-state index contributed by atoms with van der Waals surface area (Å²) in [5, 5.41) is 12.0. The Hall–Kier alpha value is -2.00. The number of anilines is 1. The number of phenols is 1. The van der Waals surface area contributed by atoms with Gasteiger partial charge in [0.1, 0.15) is 11.1 Å². The molecule has 1 atom stereocenters. The minimum atomic E-state index is -0.750. The van der Waals surface area contributed by atoms with E-state index in [9.17, 15) is 9.90 Å². The molecule has 3 nitrogen and oxygen atoms in total. The van der Waals surface area contributed by atoms with Gasteiger partial charge in [0, 0.05) is 5.69 Å². The molecule has 2 aromatic rings. The molecule has 0 heterocycles. The van der Waals surface area contributed by atoms with Gasteiger partial charge >= 0.3 is 0 Å². The first kappa shape index (κ1) is 15.4. The molecular formula is C17H18ClNO2. The molecule has 0 radical (unpaired) electrons. The van der Waals surface area contributed by atoms with Crippen molar-refractivity contribution in [1.82, 2.24) is 0 Å². The molecule has 0 spiro atoms. The molecule has 0 bridgehead atoms. The molecule has 2 aromatic carbocycles. The van der Waals surface area contributed by atoms with Crippen LogP contribution in [0.15, 0.2) is 36.4 Å². The van der Waals surface area contributed by atoms with Gasteiger partial charge in [0.2, 0.25) is 5.91 Å². The summed E-state index contributed by atoms with van der Waals surface area (Å²) in [7, 11) is 0. The molecule has 0 saturated heterocycles. The summed E-state index contributed by atoms with van der Waals surface area (Å²) in [4.78, 5) is 12.3. The number of alkyl halides is 1. The fourth-order valence-corrected chi connectivity index (χ4v) is 2.37. The molecule has 1 amide bonds. The average molecular weight is 304 g/mol. The second-order valence-electron chi connectivity index (χ2n) is 5.10. The van der Waals surface area contributed by atoms with Crippen molar-refractivity contribution in [3.05, 3.63) is 58.7 Å². The summed E-state index contributed by atoms with van der Waals surface area (Å²) in [5.74, 6) is -0.0218. The van der Waals surface area contributed by atoms with Gasteiger partial charge in [-0.1, -0.05) is 30.3 Å². The fraction of sp³-hybridized carbons (Fsp3) is 0.235. The highest BCUT2D eigenvalue weighted by Crippen LogP contribution is 2.31. The van der Waals surface area contributed by atoms with Gasteiger partial charge in [0.25, 0.3) is 0 Å². The third-order valence-corrected chi connectivity index (χ3v) is 4.09.